The fraction of sp³-hybridized carbons (Fsp3) is 0.138. The number of methoxy groups -OCH3 is 2. The highest BCUT2D eigenvalue weighted by Crippen LogP contribution is 2.31. The Balaban J connectivity index is 1.44. The summed E-state index contributed by atoms with van der Waals surface area (Å²) in [5, 5.41) is 3.13. The predicted molar refractivity (Wildman–Crippen MR) is 164 cm³/mol. The molecule has 4 rings (SSSR count). The minimum absolute atomic E-state index is 0.0233. The van der Waals surface area contributed by atoms with Gasteiger partial charge in [-0.1, -0.05) is 29.8 Å². The van der Waals surface area contributed by atoms with Gasteiger partial charge in [0.25, 0.3) is 15.9 Å². The lowest BCUT2D eigenvalue weighted by Gasteiger charge is -2.22. The molecule has 0 aliphatic heterocycles. The monoisotopic (exact) mass is 629 g/mol. The molecule has 2 N–H and O–H groups in total. The molecule has 13 heteroatoms. The van der Waals surface area contributed by atoms with Gasteiger partial charge in [-0.05, 0) is 72.3 Å². The van der Waals surface area contributed by atoms with Gasteiger partial charge in [-0.3, -0.25) is 13.8 Å². The number of hydrogen-bond donors (Lipinski definition) is 2. The second kappa shape index (κ2) is 12.7. The van der Waals surface area contributed by atoms with E-state index in [-0.39, 0.29) is 17.1 Å². The Morgan fingerprint density at radius 2 is 1.55 bits per heavy atom. The maximum atomic E-state index is 13.0. The molecule has 0 spiro atoms. The first-order chi connectivity index (χ1) is 19.9. The van der Waals surface area contributed by atoms with Crippen LogP contribution in [0.25, 0.3) is 0 Å². The molecule has 0 saturated heterocycles. The predicted octanol–water partition coefficient (Wildman–Crippen LogP) is 5.38. The molecule has 0 aliphatic rings. The van der Waals surface area contributed by atoms with Crippen LogP contribution in [0.2, 0.25) is 5.02 Å². The van der Waals surface area contributed by atoms with E-state index < -0.39 is 26.0 Å². The Hall–Kier alpha value is -4.26. The molecule has 0 radical (unpaired) electrons. The highest BCUT2D eigenvalue weighted by molar-refractivity contribution is 7.92. The Morgan fingerprint density at radius 1 is 0.857 bits per heavy atom. The molecular weight excluding hydrogens is 602 g/mol. The minimum Gasteiger partial charge on any atom is -0.497 e. The number of rotatable bonds is 11. The summed E-state index contributed by atoms with van der Waals surface area (Å²) < 4.78 is 64.9. The molecule has 220 valence electrons. The summed E-state index contributed by atoms with van der Waals surface area (Å²) in [7, 11) is -4.68. The van der Waals surface area contributed by atoms with Gasteiger partial charge >= 0.3 is 0 Å². The third-order valence-corrected chi connectivity index (χ3v) is 8.87. The molecule has 0 bridgehead atoms. The van der Waals surface area contributed by atoms with Crippen LogP contribution >= 0.6 is 11.6 Å². The van der Waals surface area contributed by atoms with E-state index >= 15 is 0 Å². The van der Waals surface area contributed by atoms with E-state index in [1.807, 2.05) is 0 Å². The quantitative estimate of drug-likeness (QED) is 0.228. The highest BCUT2D eigenvalue weighted by Gasteiger charge is 2.20. The van der Waals surface area contributed by atoms with Gasteiger partial charge in [-0.25, -0.2) is 16.8 Å². The van der Waals surface area contributed by atoms with Crippen LogP contribution in [0.15, 0.2) is 95.9 Å². The van der Waals surface area contributed by atoms with Gasteiger partial charge in [0.05, 0.1) is 43.3 Å². The minimum atomic E-state index is -3.97. The molecule has 0 aliphatic carbocycles. The summed E-state index contributed by atoms with van der Waals surface area (Å²) >= 11 is 6.04. The number of ether oxygens (including phenoxy) is 2. The normalized spacial score (nSPS) is 11.4. The Labute approximate surface area is 250 Å². The second-order valence-corrected chi connectivity index (χ2v) is 13.1. The molecule has 0 fully saturated rings. The number of nitrogens with zero attached hydrogens (tertiary/aromatic N) is 1. The Morgan fingerprint density at radius 3 is 2.14 bits per heavy atom. The lowest BCUT2D eigenvalue weighted by Crippen LogP contribution is -2.29. The molecule has 1 amide bonds. The molecule has 0 saturated carbocycles. The number of hydrogen-bond acceptors (Lipinski definition) is 7. The van der Waals surface area contributed by atoms with E-state index in [0.717, 1.165) is 6.26 Å². The number of nitrogens with one attached hydrogen (secondary N) is 2. The maximum Gasteiger partial charge on any atom is 0.262 e. The average Bonchev–Trinajstić information content (AvgIpc) is 2.95. The van der Waals surface area contributed by atoms with Gasteiger partial charge in [0.2, 0.25) is 10.0 Å². The average molecular weight is 630 g/mol. The molecule has 4 aromatic rings. The van der Waals surface area contributed by atoms with Gasteiger partial charge in [0.15, 0.2) is 0 Å². The van der Waals surface area contributed by atoms with Gasteiger partial charge < -0.3 is 14.8 Å². The third kappa shape index (κ3) is 7.52. The van der Waals surface area contributed by atoms with Crippen molar-refractivity contribution < 1.29 is 31.1 Å². The molecule has 0 heterocycles. The second-order valence-electron chi connectivity index (χ2n) is 9.10. The molecule has 0 aromatic heterocycles. The van der Waals surface area contributed by atoms with Gasteiger partial charge in [0.1, 0.15) is 11.5 Å². The van der Waals surface area contributed by atoms with Crippen molar-refractivity contribution in [3.63, 3.8) is 0 Å². The molecule has 0 unspecified atom stereocenters. The molecule has 10 nitrogen and oxygen atoms in total. The largest absolute Gasteiger partial charge is 0.497 e. The lowest BCUT2D eigenvalue weighted by atomic mass is 10.1. The van der Waals surface area contributed by atoms with Crippen molar-refractivity contribution >= 4 is 54.6 Å². The number of benzene rings is 4. The van der Waals surface area contributed by atoms with Crippen LogP contribution < -0.4 is 23.8 Å². The van der Waals surface area contributed by atoms with Crippen molar-refractivity contribution in [2.24, 2.45) is 0 Å². The Bertz CT molecular complexity index is 1800. The van der Waals surface area contributed by atoms with Crippen molar-refractivity contribution in [3.8, 4) is 11.5 Å². The number of carbonyl (C=O) groups excluding carboxylic acids is 1. The first-order valence-corrected chi connectivity index (χ1v) is 16.1. The van der Waals surface area contributed by atoms with E-state index in [1.165, 1.54) is 48.9 Å². The van der Waals surface area contributed by atoms with E-state index in [4.69, 9.17) is 21.1 Å². The summed E-state index contributed by atoms with van der Waals surface area (Å²) in [5.41, 5.74) is 2.01. The van der Waals surface area contributed by atoms with Gasteiger partial charge in [0, 0.05) is 22.3 Å². The summed E-state index contributed by atoms with van der Waals surface area (Å²) in [5.74, 6) is 0.349. The van der Waals surface area contributed by atoms with E-state index in [1.54, 1.807) is 60.7 Å². The summed E-state index contributed by atoms with van der Waals surface area (Å²) in [4.78, 5) is 12.8. The fourth-order valence-electron chi connectivity index (χ4n) is 3.98. The molecule has 0 atom stereocenters. The third-order valence-electron chi connectivity index (χ3n) is 6.11. The Kier molecular flexibility index (Phi) is 9.30. The van der Waals surface area contributed by atoms with E-state index in [9.17, 15) is 21.6 Å². The first kappa shape index (κ1) is 30.7. The van der Waals surface area contributed by atoms with E-state index in [0.29, 0.717) is 39.0 Å². The van der Waals surface area contributed by atoms with Crippen LogP contribution in [-0.4, -0.2) is 43.2 Å². The number of carbonyl (C=O) groups is 1. The van der Waals surface area contributed by atoms with Crippen LogP contribution in [0.5, 0.6) is 11.5 Å². The van der Waals surface area contributed by atoms with Gasteiger partial charge in [-0.2, -0.15) is 0 Å². The number of halogens is 1. The van der Waals surface area contributed by atoms with Gasteiger partial charge in [-0.15, -0.1) is 0 Å². The zero-order valence-corrected chi connectivity index (χ0v) is 25.3. The van der Waals surface area contributed by atoms with Crippen LogP contribution in [0.4, 0.5) is 17.1 Å². The van der Waals surface area contributed by atoms with Crippen molar-refractivity contribution in [3.05, 3.63) is 107 Å². The van der Waals surface area contributed by atoms with Crippen LogP contribution in [-0.2, 0) is 26.6 Å². The lowest BCUT2D eigenvalue weighted by molar-refractivity contribution is 0.102. The fourth-order valence-corrected chi connectivity index (χ4v) is 6.10. The van der Waals surface area contributed by atoms with Crippen molar-refractivity contribution in [1.82, 2.24) is 0 Å². The number of amides is 1. The van der Waals surface area contributed by atoms with Crippen molar-refractivity contribution in [2.45, 2.75) is 11.4 Å². The SMILES string of the molecule is COc1ccc(OC)c(NS(=O)(=O)c2ccc(NC(=O)c3ccc(CN(c4cccc(Cl)c4)S(C)(=O)=O)cc3)cc2)c1. The summed E-state index contributed by atoms with van der Waals surface area (Å²) in [6, 6.07) is 23.4. The van der Waals surface area contributed by atoms with Crippen LogP contribution in [0.1, 0.15) is 15.9 Å². The first-order valence-electron chi connectivity index (χ1n) is 12.4. The molecule has 4 aromatic carbocycles. The van der Waals surface area contributed by atoms with Crippen molar-refractivity contribution in [1.29, 1.82) is 0 Å². The maximum absolute atomic E-state index is 13.0. The smallest absolute Gasteiger partial charge is 0.262 e. The molecular formula is C29H28ClN3O7S2. The molecule has 42 heavy (non-hydrogen) atoms. The zero-order chi connectivity index (χ0) is 30.5. The topological polar surface area (TPSA) is 131 Å². The van der Waals surface area contributed by atoms with Crippen LogP contribution in [0, 0.1) is 0 Å². The highest BCUT2D eigenvalue weighted by atomic mass is 35.5. The zero-order valence-electron chi connectivity index (χ0n) is 22.9. The number of sulfonamides is 2. The van der Waals surface area contributed by atoms with Crippen LogP contribution in [0.3, 0.4) is 0 Å². The standard InChI is InChI=1S/C29H28ClN3O7S2/c1-39-25-13-16-28(40-2)27(18-25)32-42(37,38)26-14-11-23(12-15-26)31-29(34)21-9-7-20(8-10-21)19-33(41(3,35)36)24-6-4-5-22(30)17-24/h4-18,32H,19H2,1-3H3,(H,31,34). The van der Waals surface area contributed by atoms with Crippen molar-refractivity contribution in [2.75, 3.05) is 34.8 Å². The van der Waals surface area contributed by atoms with E-state index in [2.05, 4.69) is 10.0 Å². The number of anilines is 3. The summed E-state index contributed by atoms with van der Waals surface area (Å²) in [6.07, 6.45) is 1.11. The summed E-state index contributed by atoms with van der Waals surface area (Å²) in [6.45, 7) is 0.0483.